The van der Waals surface area contributed by atoms with Gasteiger partial charge >= 0.3 is 0 Å². The number of fused-ring (bicyclic) bond motifs is 1. The summed E-state index contributed by atoms with van der Waals surface area (Å²) in [7, 11) is 0. The Kier molecular flexibility index (Phi) is 4.10. The SMILES string of the molecule is CC1CNCC(C)N1Cc1cc(=O)n2cc(Br)ccc2n1. The Balaban J connectivity index is 1.94. The van der Waals surface area contributed by atoms with E-state index in [0.717, 1.165) is 23.3 Å². The van der Waals surface area contributed by atoms with Crippen molar-refractivity contribution in [2.75, 3.05) is 13.1 Å². The second-order valence-corrected chi connectivity index (χ2v) is 6.61. The fourth-order valence-corrected chi connectivity index (χ4v) is 3.21. The highest BCUT2D eigenvalue weighted by Crippen LogP contribution is 2.14. The fourth-order valence-electron chi connectivity index (χ4n) is 2.88. The Morgan fingerprint density at radius 1 is 1.33 bits per heavy atom. The third-order valence-corrected chi connectivity index (χ3v) is 4.50. The first-order chi connectivity index (χ1) is 10.0. The molecule has 3 rings (SSSR count). The summed E-state index contributed by atoms with van der Waals surface area (Å²) in [6, 6.07) is 6.29. The molecule has 1 aliphatic heterocycles. The van der Waals surface area contributed by atoms with E-state index in [0.29, 0.717) is 24.3 Å². The number of rotatable bonds is 2. The number of halogens is 1. The van der Waals surface area contributed by atoms with Crippen LogP contribution in [-0.4, -0.2) is 39.5 Å². The molecule has 0 bridgehead atoms. The van der Waals surface area contributed by atoms with Gasteiger partial charge in [0.25, 0.3) is 5.56 Å². The predicted octanol–water partition coefficient (Wildman–Crippen LogP) is 1.64. The Labute approximate surface area is 132 Å². The lowest BCUT2D eigenvalue weighted by Crippen LogP contribution is -2.54. The number of nitrogens with one attached hydrogen (secondary N) is 1. The molecule has 2 aromatic rings. The zero-order chi connectivity index (χ0) is 15.0. The van der Waals surface area contributed by atoms with Gasteiger partial charge in [-0.05, 0) is 41.9 Å². The lowest BCUT2D eigenvalue weighted by Gasteiger charge is -2.39. The number of hydrogen-bond acceptors (Lipinski definition) is 4. The van der Waals surface area contributed by atoms with Gasteiger partial charge in [-0.3, -0.25) is 14.1 Å². The minimum Gasteiger partial charge on any atom is -0.314 e. The van der Waals surface area contributed by atoms with Crippen LogP contribution in [0.5, 0.6) is 0 Å². The molecular formula is C15H19BrN4O. The molecule has 0 spiro atoms. The maximum atomic E-state index is 12.2. The second-order valence-electron chi connectivity index (χ2n) is 5.69. The molecule has 0 amide bonds. The lowest BCUT2D eigenvalue weighted by molar-refractivity contribution is 0.107. The highest BCUT2D eigenvalue weighted by molar-refractivity contribution is 9.10. The summed E-state index contributed by atoms with van der Waals surface area (Å²) in [6.07, 6.45) is 1.75. The number of hydrogen-bond donors (Lipinski definition) is 1. The van der Waals surface area contributed by atoms with Crippen molar-refractivity contribution < 1.29 is 0 Å². The summed E-state index contributed by atoms with van der Waals surface area (Å²) in [6.45, 7) is 7.07. The first kappa shape index (κ1) is 14.7. The van der Waals surface area contributed by atoms with Crippen LogP contribution in [0.25, 0.3) is 5.65 Å². The first-order valence-corrected chi connectivity index (χ1v) is 7.98. The topological polar surface area (TPSA) is 49.6 Å². The zero-order valence-electron chi connectivity index (χ0n) is 12.2. The fraction of sp³-hybridized carbons (Fsp3) is 0.467. The van der Waals surface area contributed by atoms with Crippen LogP contribution in [-0.2, 0) is 6.54 Å². The van der Waals surface area contributed by atoms with Crippen molar-refractivity contribution in [2.45, 2.75) is 32.5 Å². The standard InChI is InChI=1S/C15H19BrN4O/c1-10-6-17-7-11(2)19(10)9-13-5-15(21)20-8-12(16)3-4-14(20)18-13/h3-5,8,10-11,17H,6-7,9H2,1-2H3. The van der Waals surface area contributed by atoms with Gasteiger partial charge in [0.05, 0.1) is 5.69 Å². The largest absolute Gasteiger partial charge is 0.314 e. The molecule has 1 saturated heterocycles. The van der Waals surface area contributed by atoms with Gasteiger partial charge in [-0.15, -0.1) is 0 Å². The summed E-state index contributed by atoms with van der Waals surface area (Å²) in [5.74, 6) is 0. The molecule has 3 heterocycles. The maximum absolute atomic E-state index is 12.2. The number of aromatic nitrogens is 2. The molecule has 0 aliphatic carbocycles. The summed E-state index contributed by atoms with van der Waals surface area (Å²) < 4.78 is 2.44. The Bertz CT molecular complexity index is 704. The van der Waals surface area contributed by atoms with Gasteiger partial charge in [-0.1, -0.05) is 0 Å². The van der Waals surface area contributed by atoms with E-state index in [4.69, 9.17) is 0 Å². The summed E-state index contributed by atoms with van der Waals surface area (Å²) in [4.78, 5) is 19.2. The van der Waals surface area contributed by atoms with Crippen molar-refractivity contribution in [3.8, 4) is 0 Å². The van der Waals surface area contributed by atoms with E-state index in [1.165, 1.54) is 0 Å². The van der Waals surface area contributed by atoms with E-state index in [9.17, 15) is 4.79 Å². The quantitative estimate of drug-likeness (QED) is 0.894. The molecule has 2 unspecified atom stereocenters. The van der Waals surface area contributed by atoms with Gasteiger partial charge in [-0.25, -0.2) is 4.98 Å². The van der Waals surface area contributed by atoms with Gasteiger partial charge in [0.1, 0.15) is 5.65 Å². The average Bonchev–Trinajstić information content (AvgIpc) is 2.44. The molecule has 112 valence electrons. The van der Waals surface area contributed by atoms with E-state index in [1.54, 1.807) is 16.7 Å². The van der Waals surface area contributed by atoms with Crippen LogP contribution < -0.4 is 10.9 Å². The van der Waals surface area contributed by atoms with Gasteiger partial charge in [-0.2, -0.15) is 0 Å². The average molecular weight is 351 g/mol. The van der Waals surface area contributed by atoms with E-state index in [-0.39, 0.29) is 5.56 Å². The van der Waals surface area contributed by atoms with Crippen molar-refractivity contribution >= 4 is 21.6 Å². The molecule has 2 atom stereocenters. The second kappa shape index (κ2) is 5.87. The van der Waals surface area contributed by atoms with E-state index in [2.05, 4.69) is 45.0 Å². The molecule has 21 heavy (non-hydrogen) atoms. The first-order valence-electron chi connectivity index (χ1n) is 7.19. The third kappa shape index (κ3) is 3.02. The van der Waals surface area contributed by atoms with Crippen molar-refractivity contribution in [1.29, 1.82) is 0 Å². The molecule has 2 aromatic heterocycles. The molecule has 0 radical (unpaired) electrons. The Morgan fingerprint density at radius 2 is 2.05 bits per heavy atom. The monoisotopic (exact) mass is 350 g/mol. The predicted molar refractivity (Wildman–Crippen MR) is 86.5 cm³/mol. The molecular weight excluding hydrogens is 332 g/mol. The van der Waals surface area contributed by atoms with Crippen LogP contribution in [0.4, 0.5) is 0 Å². The highest BCUT2D eigenvalue weighted by atomic mass is 79.9. The highest BCUT2D eigenvalue weighted by Gasteiger charge is 2.24. The van der Waals surface area contributed by atoms with Crippen LogP contribution in [0, 0.1) is 0 Å². The summed E-state index contributed by atoms with van der Waals surface area (Å²) in [5, 5.41) is 3.41. The normalized spacial score (nSPS) is 23.6. The van der Waals surface area contributed by atoms with E-state index < -0.39 is 0 Å². The molecule has 5 nitrogen and oxygen atoms in total. The maximum Gasteiger partial charge on any atom is 0.258 e. The Morgan fingerprint density at radius 3 is 2.76 bits per heavy atom. The van der Waals surface area contributed by atoms with E-state index in [1.807, 2.05) is 12.1 Å². The lowest BCUT2D eigenvalue weighted by atomic mass is 10.1. The van der Waals surface area contributed by atoms with Crippen LogP contribution in [0.3, 0.4) is 0 Å². The van der Waals surface area contributed by atoms with Crippen molar-refractivity contribution in [1.82, 2.24) is 19.6 Å². The van der Waals surface area contributed by atoms with Crippen LogP contribution in [0.15, 0.2) is 33.7 Å². The van der Waals surface area contributed by atoms with Gasteiger partial charge < -0.3 is 5.32 Å². The minimum atomic E-state index is -0.0354. The number of nitrogens with zero attached hydrogens (tertiary/aromatic N) is 3. The van der Waals surface area contributed by atoms with Crippen molar-refractivity contribution in [2.24, 2.45) is 0 Å². The number of piperazine rings is 1. The molecule has 6 heteroatoms. The van der Waals surface area contributed by atoms with Gasteiger partial charge in [0.15, 0.2) is 0 Å². The smallest absolute Gasteiger partial charge is 0.258 e. The van der Waals surface area contributed by atoms with Crippen LogP contribution >= 0.6 is 15.9 Å². The number of pyridine rings is 1. The van der Waals surface area contributed by atoms with E-state index >= 15 is 0 Å². The van der Waals surface area contributed by atoms with Crippen LogP contribution in [0.2, 0.25) is 0 Å². The van der Waals surface area contributed by atoms with Crippen LogP contribution in [0.1, 0.15) is 19.5 Å². The third-order valence-electron chi connectivity index (χ3n) is 4.03. The molecule has 1 aliphatic rings. The van der Waals surface area contributed by atoms with Gasteiger partial charge in [0, 0.05) is 48.5 Å². The molecule has 1 N–H and O–H groups in total. The molecule has 0 saturated carbocycles. The molecule has 0 aromatic carbocycles. The Hall–Kier alpha value is -1.24. The zero-order valence-corrected chi connectivity index (χ0v) is 13.8. The van der Waals surface area contributed by atoms with Gasteiger partial charge in [0.2, 0.25) is 0 Å². The van der Waals surface area contributed by atoms with Crippen molar-refractivity contribution in [3.63, 3.8) is 0 Å². The molecule has 1 fully saturated rings. The summed E-state index contributed by atoms with van der Waals surface area (Å²) in [5.41, 5.74) is 1.49. The van der Waals surface area contributed by atoms with Crippen molar-refractivity contribution in [3.05, 3.63) is 44.9 Å². The summed E-state index contributed by atoms with van der Waals surface area (Å²) >= 11 is 3.38. The minimum absolute atomic E-state index is 0.0354.